The lowest BCUT2D eigenvalue weighted by Gasteiger charge is -2.29. The molecule has 1 aliphatic heterocycles. The van der Waals surface area contributed by atoms with Crippen LogP contribution in [0.2, 0.25) is 10.0 Å². The maximum Gasteiger partial charge on any atom is 0.265 e. The van der Waals surface area contributed by atoms with Crippen molar-refractivity contribution in [1.82, 2.24) is 0 Å². The second-order valence-electron chi connectivity index (χ2n) is 8.01. The molecule has 0 radical (unpaired) electrons. The molecule has 0 aliphatic carbocycles. The highest BCUT2D eigenvalue weighted by Crippen LogP contribution is 2.35. The van der Waals surface area contributed by atoms with Crippen LogP contribution < -0.4 is 24.4 Å². The summed E-state index contributed by atoms with van der Waals surface area (Å²) in [4.78, 5) is 26.7. The van der Waals surface area contributed by atoms with E-state index in [-0.39, 0.29) is 18.4 Å². The molecule has 2 amide bonds. The summed E-state index contributed by atoms with van der Waals surface area (Å²) in [6.07, 6.45) is -0.817. The molecule has 182 valence electrons. The third-order valence-electron chi connectivity index (χ3n) is 5.31. The van der Waals surface area contributed by atoms with Gasteiger partial charge in [0.2, 0.25) is 0 Å². The molecule has 0 aromatic heterocycles. The average Bonchev–Trinajstić information content (AvgIpc) is 2.82. The van der Waals surface area contributed by atoms with E-state index < -0.39 is 6.10 Å². The molecule has 0 fully saturated rings. The molecule has 4 rings (SSSR count). The quantitative estimate of drug-likeness (QED) is 0.428. The van der Waals surface area contributed by atoms with Crippen molar-refractivity contribution in [3.63, 3.8) is 0 Å². The van der Waals surface area contributed by atoms with Crippen molar-refractivity contribution in [2.75, 3.05) is 30.0 Å². The molecular formula is C26H24Cl2N2O5. The van der Waals surface area contributed by atoms with Crippen molar-refractivity contribution >= 4 is 46.4 Å². The number of aryl methyl sites for hydroxylation is 1. The molecular weight excluding hydrogens is 491 g/mol. The lowest BCUT2D eigenvalue weighted by atomic mass is 10.2. The maximum absolute atomic E-state index is 12.7. The van der Waals surface area contributed by atoms with Crippen LogP contribution in [-0.2, 0) is 9.59 Å². The molecule has 1 N–H and O–H groups in total. The van der Waals surface area contributed by atoms with Crippen LogP contribution in [0.15, 0.2) is 60.7 Å². The van der Waals surface area contributed by atoms with Crippen molar-refractivity contribution in [3.8, 4) is 17.2 Å². The van der Waals surface area contributed by atoms with E-state index in [1.54, 1.807) is 48.2 Å². The Hall–Kier alpha value is -3.42. The van der Waals surface area contributed by atoms with Crippen molar-refractivity contribution < 1.29 is 23.8 Å². The Morgan fingerprint density at radius 2 is 1.97 bits per heavy atom. The molecule has 3 aromatic rings. The van der Waals surface area contributed by atoms with E-state index in [0.29, 0.717) is 46.1 Å². The minimum atomic E-state index is -0.817. The molecule has 7 nitrogen and oxygen atoms in total. The lowest BCUT2D eigenvalue weighted by molar-refractivity contribution is -0.122. The third-order valence-corrected chi connectivity index (χ3v) is 5.84. The predicted molar refractivity (Wildman–Crippen MR) is 136 cm³/mol. The average molecular weight is 515 g/mol. The van der Waals surface area contributed by atoms with Gasteiger partial charge < -0.3 is 24.4 Å². The van der Waals surface area contributed by atoms with Crippen LogP contribution in [0.1, 0.15) is 12.5 Å². The Morgan fingerprint density at radius 1 is 1.14 bits per heavy atom. The molecule has 9 heteroatoms. The van der Waals surface area contributed by atoms with Gasteiger partial charge in [-0.25, -0.2) is 0 Å². The van der Waals surface area contributed by atoms with Crippen LogP contribution in [0.3, 0.4) is 0 Å². The van der Waals surface area contributed by atoms with E-state index in [0.717, 1.165) is 11.3 Å². The van der Waals surface area contributed by atoms with Gasteiger partial charge in [0.1, 0.15) is 23.9 Å². The van der Waals surface area contributed by atoms with E-state index >= 15 is 0 Å². The highest BCUT2D eigenvalue weighted by atomic mass is 35.5. The molecule has 0 spiro atoms. The highest BCUT2D eigenvalue weighted by molar-refractivity contribution is 6.35. The fourth-order valence-corrected chi connectivity index (χ4v) is 4.00. The number of halogens is 2. The summed E-state index contributed by atoms with van der Waals surface area (Å²) < 4.78 is 17.1. The van der Waals surface area contributed by atoms with Crippen LogP contribution in [0.25, 0.3) is 0 Å². The maximum atomic E-state index is 12.7. The second-order valence-corrected chi connectivity index (χ2v) is 8.85. The van der Waals surface area contributed by atoms with Gasteiger partial charge in [-0.2, -0.15) is 0 Å². The van der Waals surface area contributed by atoms with Gasteiger partial charge in [-0.1, -0.05) is 35.3 Å². The van der Waals surface area contributed by atoms with Crippen LogP contribution in [-0.4, -0.2) is 37.7 Å². The number of nitrogens with one attached hydrogen (secondary N) is 1. The fourth-order valence-electron chi connectivity index (χ4n) is 3.55. The van der Waals surface area contributed by atoms with Gasteiger partial charge in [0, 0.05) is 16.8 Å². The summed E-state index contributed by atoms with van der Waals surface area (Å²) in [5.41, 5.74) is 2.22. The van der Waals surface area contributed by atoms with Crippen LogP contribution in [0, 0.1) is 6.92 Å². The van der Waals surface area contributed by atoms with Gasteiger partial charge in [-0.15, -0.1) is 0 Å². The van der Waals surface area contributed by atoms with Gasteiger partial charge in [0.25, 0.3) is 11.8 Å². The van der Waals surface area contributed by atoms with Crippen LogP contribution in [0.5, 0.6) is 17.2 Å². The first-order valence-corrected chi connectivity index (χ1v) is 11.7. The number of rotatable bonds is 8. The molecule has 1 aliphatic rings. The van der Waals surface area contributed by atoms with E-state index in [1.807, 2.05) is 31.2 Å². The molecule has 3 aromatic carbocycles. The smallest absolute Gasteiger partial charge is 0.265 e. The van der Waals surface area contributed by atoms with Gasteiger partial charge in [0.05, 0.1) is 17.3 Å². The summed E-state index contributed by atoms with van der Waals surface area (Å²) in [6, 6.07) is 17.6. The van der Waals surface area contributed by atoms with E-state index in [4.69, 9.17) is 37.4 Å². The Morgan fingerprint density at radius 3 is 2.74 bits per heavy atom. The highest BCUT2D eigenvalue weighted by Gasteiger charge is 2.26. The zero-order valence-electron chi connectivity index (χ0n) is 19.2. The number of amides is 2. The summed E-state index contributed by atoms with van der Waals surface area (Å²) in [5.74, 6) is 1.07. The van der Waals surface area contributed by atoms with Gasteiger partial charge in [0.15, 0.2) is 12.7 Å². The molecule has 0 bridgehead atoms. The van der Waals surface area contributed by atoms with Gasteiger partial charge in [-0.05, 0) is 61.9 Å². The zero-order chi connectivity index (χ0) is 24.9. The van der Waals surface area contributed by atoms with Gasteiger partial charge in [-0.3, -0.25) is 9.59 Å². The zero-order valence-corrected chi connectivity index (χ0v) is 20.7. The number of hydrogen-bond donors (Lipinski definition) is 1. The Labute approximate surface area is 213 Å². The molecule has 0 saturated heterocycles. The van der Waals surface area contributed by atoms with Gasteiger partial charge >= 0.3 is 0 Å². The number of fused-ring (bicyclic) bond motifs is 1. The molecule has 1 heterocycles. The standard InChI is InChI=1S/C26H24Cl2N2O5/c1-16-4-3-5-20(12-16)33-11-10-30-22-8-7-19(14-24(22)34-15-25(30)31)29-26(32)17(2)35-23-9-6-18(27)13-21(23)28/h3-9,12-14,17H,10-11,15H2,1-2H3,(H,29,32). The molecule has 1 unspecified atom stereocenters. The summed E-state index contributed by atoms with van der Waals surface area (Å²) >= 11 is 12.0. The topological polar surface area (TPSA) is 77.1 Å². The predicted octanol–water partition coefficient (Wildman–Crippen LogP) is 5.51. The third kappa shape index (κ3) is 6.18. The Kier molecular flexibility index (Phi) is 7.68. The second kappa shape index (κ2) is 10.9. The molecule has 1 atom stereocenters. The first-order valence-electron chi connectivity index (χ1n) is 11.0. The van der Waals surface area contributed by atoms with Crippen LogP contribution in [0.4, 0.5) is 11.4 Å². The van der Waals surface area contributed by atoms with Crippen molar-refractivity contribution in [3.05, 3.63) is 76.3 Å². The molecule has 0 saturated carbocycles. The largest absolute Gasteiger partial charge is 0.492 e. The number of benzene rings is 3. The minimum absolute atomic E-state index is 0.0938. The lowest BCUT2D eigenvalue weighted by Crippen LogP contribution is -2.41. The minimum Gasteiger partial charge on any atom is -0.492 e. The fraction of sp³-hybridized carbons (Fsp3) is 0.231. The van der Waals surface area contributed by atoms with Crippen molar-refractivity contribution in [2.45, 2.75) is 20.0 Å². The SMILES string of the molecule is Cc1cccc(OCCN2C(=O)COc3cc(NC(=O)C(C)Oc4ccc(Cl)cc4Cl)ccc32)c1. The summed E-state index contributed by atoms with van der Waals surface area (Å²) in [6.45, 7) is 4.20. The monoisotopic (exact) mass is 514 g/mol. The number of ether oxygens (including phenoxy) is 3. The number of carbonyl (C=O) groups is 2. The number of nitrogens with zero attached hydrogens (tertiary/aromatic N) is 1. The molecule has 35 heavy (non-hydrogen) atoms. The normalized spacial score (nSPS) is 13.5. The number of carbonyl (C=O) groups excluding carboxylic acids is 2. The Balaban J connectivity index is 1.39. The van der Waals surface area contributed by atoms with Crippen molar-refractivity contribution in [1.29, 1.82) is 0 Å². The first-order chi connectivity index (χ1) is 16.8. The van der Waals surface area contributed by atoms with Crippen LogP contribution >= 0.6 is 23.2 Å². The number of hydrogen-bond acceptors (Lipinski definition) is 5. The van der Waals surface area contributed by atoms with E-state index in [9.17, 15) is 9.59 Å². The Bertz CT molecular complexity index is 1250. The van der Waals surface area contributed by atoms with Crippen molar-refractivity contribution in [2.24, 2.45) is 0 Å². The van der Waals surface area contributed by atoms with E-state index in [1.165, 1.54) is 0 Å². The number of anilines is 2. The first kappa shape index (κ1) is 24.7. The van der Waals surface area contributed by atoms with E-state index in [2.05, 4.69) is 5.32 Å². The summed E-state index contributed by atoms with van der Waals surface area (Å²) in [5, 5.41) is 3.59. The summed E-state index contributed by atoms with van der Waals surface area (Å²) in [7, 11) is 0.